The molecule has 0 amide bonds. The van der Waals surface area contributed by atoms with Crippen LogP contribution in [-0.2, 0) is 4.79 Å². The Labute approximate surface area is 118 Å². The zero-order valence-electron chi connectivity index (χ0n) is 10.4. The Bertz CT molecular complexity index is 495. The molecule has 2 aliphatic rings. The number of halogens is 1. The fourth-order valence-electron chi connectivity index (χ4n) is 2.24. The van der Waals surface area contributed by atoms with Crippen LogP contribution in [0.3, 0.4) is 0 Å². The monoisotopic (exact) mass is 281 g/mol. The molecule has 0 bridgehead atoms. The first kappa shape index (κ1) is 13.9. The summed E-state index contributed by atoms with van der Waals surface area (Å²) in [6.07, 6.45) is 5.80. The molecule has 5 heteroatoms. The molecule has 1 atom stereocenters. The Morgan fingerprint density at radius 2 is 2.32 bits per heavy atom. The van der Waals surface area contributed by atoms with Crippen molar-refractivity contribution >= 4 is 24.5 Å². The largest absolute Gasteiger partial charge is 0.489 e. The first-order chi connectivity index (χ1) is 8.83. The van der Waals surface area contributed by atoms with Gasteiger partial charge in [0, 0.05) is 5.56 Å². The number of esters is 1. The Morgan fingerprint density at radius 3 is 3.11 bits per heavy atom. The van der Waals surface area contributed by atoms with Crippen molar-refractivity contribution in [3.05, 3.63) is 29.8 Å². The van der Waals surface area contributed by atoms with Crippen LogP contribution in [0.4, 0.5) is 0 Å². The Hall–Kier alpha value is -1.52. The van der Waals surface area contributed by atoms with Gasteiger partial charge in [-0.25, -0.2) is 4.79 Å². The minimum absolute atomic E-state index is 0. The average Bonchev–Trinajstić information content (AvgIpc) is 2.92. The molecule has 0 saturated carbocycles. The number of fused-ring (bicyclic) bond motifs is 1. The van der Waals surface area contributed by atoms with Crippen molar-refractivity contribution in [2.75, 3.05) is 13.2 Å². The van der Waals surface area contributed by atoms with Crippen LogP contribution >= 0.6 is 12.4 Å². The third-order valence-corrected chi connectivity index (χ3v) is 3.18. The summed E-state index contributed by atoms with van der Waals surface area (Å²) in [4.78, 5) is 11.8. The van der Waals surface area contributed by atoms with Gasteiger partial charge in [-0.05, 0) is 43.7 Å². The van der Waals surface area contributed by atoms with Crippen LogP contribution in [0, 0.1) is 0 Å². The molecule has 0 aliphatic carbocycles. The maximum atomic E-state index is 11.8. The second-order valence-corrected chi connectivity index (χ2v) is 4.48. The summed E-state index contributed by atoms with van der Waals surface area (Å²) in [6.45, 7) is 1.48. The predicted molar refractivity (Wildman–Crippen MR) is 74.9 cm³/mol. The molecule has 1 N–H and O–H groups in total. The van der Waals surface area contributed by atoms with E-state index in [0.29, 0.717) is 12.4 Å². The Morgan fingerprint density at radius 1 is 1.42 bits per heavy atom. The van der Waals surface area contributed by atoms with Crippen molar-refractivity contribution in [1.82, 2.24) is 5.32 Å². The number of rotatable bonds is 2. The quantitative estimate of drug-likeness (QED) is 0.667. The first-order valence-electron chi connectivity index (χ1n) is 6.21. The zero-order chi connectivity index (χ0) is 12.4. The molecule has 1 aromatic rings. The van der Waals surface area contributed by atoms with Crippen molar-refractivity contribution in [3.8, 4) is 11.5 Å². The van der Waals surface area contributed by atoms with E-state index in [2.05, 4.69) is 5.32 Å². The SMILES string of the molecule is Cl.O=C(Oc1ccc2c(c1)C=CCO2)[C@@H]1CCCN1. The highest BCUT2D eigenvalue weighted by atomic mass is 35.5. The second kappa shape index (κ2) is 6.08. The molecule has 1 fully saturated rings. The lowest BCUT2D eigenvalue weighted by molar-refractivity contribution is -0.136. The van der Waals surface area contributed by atoms with Crippen LogP contribution in [0.15, 0.2) is 24.3 Å². The fraction of sp³-hybridized carbons (Fsp3) is 0.357. The van der Waals surface area contributed by atoms with Crippen LogP contribution in [0.25, 0.3) is 6.08 Å². The van der Waals surface area contributed by atoms with Crippen molar-refractivity contribution in [2.45, 2.75) is 18.9 Å². The number of carbonyl (C=O) groups excluding carboxylic acids is 1. The number of ether oxygens (including phenoxy) is 2. The van der Waals surface area contributed by atoms with E-state index in [1.54, 1.807) is 6.07 Å². The van der Waals surface area contributed by atoms with Crippen molar-refractivity contribution in [1.29, 1.82) is 0 Å². The average molecular weight is 282 g/mol. The normalized spacial score (nSPS) is 20.1. The van der Waals surface area contributed by atoms with Crippen LogP contribution in [0.1, 0.15) is 18.4 Å². The fourth-order valence-corrected chi connectivity index (χ4v) is 2.24. The lowest BCUT2D eigenvalue weighted by Crippen LogP contribution is -2.34. The predicted octanol–water partition coefficient (Wildman–Crippen LogP) is 2.17. The highest BCUT2D eigenvalue weighted by Crippen LogP contribution is 2.28. The minimum Gasteiger partial charge on any atom is -0.489 e. The Balaban J connectivity index is 0.00000133. The molecule has 0 radical (unpaired) electrons. The van der Waals surface area contributed by atoms with Gasteiger partial charge in [0.15, 0.2) is 0 Å². The van der Waals surface area contributed by atoms with Crippen LogP contribution in [0.5, 0.6) is 11.5 Å². The first-order valence-corrected chi connectivity index (χ1v) is 6.21. The standard InChI is InChI=1S/C14H15NO3.ClH/c16-14(12-4-1-7-15-12)18-11-5-6-13-10(9-11)3-2-8-17-13;/h2-3,5-6,9,12,15H,1,4,7-8H2;1H/t12-;/m0./s1. The van der Waals surface area contributed by atoms with Gasteiger partial charge in [-0.2, -0.15) is 0 Å². The summed E-state index contributed by atoms with van der Waals surface area (Å²) in [6, 6.07) is 5.28. The molecule has 19 heavy (non-hydrogen) atoms. The molecule has 4 nitrogen and oxygen atoms in total. The maximum absolute atomic E-state index is 11.8. The van der Waals surface area contributed by atoms with Crippen LogP contribution in [0.2, 0.25) is 0 Å². The van der Waals surface area contributed by atoms with Gasteiger partial charge in [-0.1, -0.05) is 6.08 Å². The van der Waals surface area contributed by atoms with Gasteiger partial charge >= 0.3 is 5.97 Å². The number of hydrogen-bond acceptors (Lipinski definition) is 4. The number of benzene rings is 1. The number of nitrogens with one attached hydrogen (secondary N) is 1. The summed E-state index contributed by atoms with van der Waals surface area (Å²) in [5.74, 6) is 1.20. The molecule has 2 heterocycles. The van der Waals surface area contributed by atoms with E-state index in [4.69, 9.17) is 9.47 Å². The van der Waals surface area contributed by atoms with Gasteiger partial charge in [-0.3, -0.25) is 0 Å². The molecule has 1 saturated heterocycles. The van der Waals surface area contributed by atoms with Gasteiger partial charge in [0.1, 0.15) is 24.1 Å². The van der Waals surface area contributed by atoms with Gasteiger partial charge < -0.3 is 14.8 Å². The zero-order valence-corrected chi connectivity index (χ0v) is 11.2. The lowest BCUT2D eigenvalue weighted by Gasteiger charge is -2.14. The van der Waals surface area contributed by atoms with E-state index in [0.717, 1.165) is 30.7 Å². The van der Waals surface area contributed by atoms with Crippen molar-refractivity contribution in [3.63, 3.8) is 0 Å². The Kier molecular flexibility index (Phi) is 4.45. The highest BCUT2D eigenvalue weighted by molar-refractivity contribution is 5.85. The van der Waals surface area contributed by atoms with Crippen molar-refractivity contribution < 1.29 is 14.3 Å². The smallest absolute Gasteiger partial charge is 0.328 e. The number of carbonyl (C=O) groups is 1. The summed E-state index contributed by atoms with van der Waals surface area (Å²) < 4.78 is 10.8. The summed E-state index contributed by atoms with van der Waals surface area (Å²) in [5.41, 5.74) is 0.950. The lowest BCUT2D eigenvalue weighted by atomic mass is 10.1. The summed E-state index contributed by atoms with van der Waals surface area (Å²) in [7, 11) is 0. The van der Waals surface area contributed by atoms with E-state index >= 15 is 0 Å². The second-order valence-electron chi connectivity index (χ2n) is 4.48. The van der Waals surface area contributed by atoms with Crippen LogP contribution < -0.4 is 14.8 Å². The molecule has 1 aromatic carbocycles. The van der Waals surface area contributed by atoms with E-state index in [-0.39, 0.29) is 24.4 Å². The highest BCUT2D eigenvalue weighted by Gasteiger charge is 2.24. The molecule has 102 valence electrons. The van der Waals surface area contributed by atoms with Gasteiger partial charge in [0.05, 0.1) is 0 Å². The molecule has 2 aliphatic heterocycles. The minimum atomic E-state index is -0.201. The molecule has 0 unspecified atom stereocenters. The molecular weight excluding hydrogens is 266 g/mol. The van der Waals surface area contributed by atoms with Crippen molar-refractivity contribution in [2.24, 2.45) is 0 Å². The third-order valence-electron chi connectivity index (χ3n) is 3.18. The third kappa shape index (κ3) is 3.08. The summed E-state index contributed by atoms with van der Waals surface area (Å²) >= 11 is 0. The van der Waals surface area contributed by atoms with Gasteiger partial charge in [0.25, 0.3) is 0 Å². The van der Waals surface area contributed by atoms with E-state index in [9.17, 15) is 4.79 Å². The van der Waals surface area contributed by atoms with Gasteiger partial charge in [-0.15, -0.1) is 12.4 Å². The molecule has 0 aromatic heterocycles. The van der Waals surface area contributed by atoms with E-state index in [1.165, 1.54) is 0 Å². The van der Waals surface area contributed by atoms with E-state index in [1.807, 2.05) is 24.3 Å². The van der Waals surface area contributed by atoms with E-state index < -0.39 is 0 Å². The number of hydrogen-bond donors (Lipinski definition) is 1. The van der Waals surface area contributed by atoms with Gasteiger partial charge in [0.2, 0.25) is 0 Å². The maximum Gasteiger partial charge on any atom is 0.328 e. The topological polar surface area (TPSA) is 47.6 Å². The van der Waals surface area contributed by atoms with Crippen LogP contribution in [-0.4, -0.2) is 25.2 Å². The molecular formula is C14H16ClNO3. The molecule has 0 spiro atoms. The molecule has 3 rings (SSSR count). The summed E-state index contributed by atoms with van der Waals surface area (Å²) in [5, 5.41) is 3.13.